The van der Waals surface area contributed by atoms with E-state index in [0.717, 1.165) is 52.0 Å². The van der Waals surface area contributed by atoms with Gasteiger partial charge >= 0.3 is 12.1 Å². The molecule has 2 aromatic carbocycles. The first kappa shape index (κ1) is 24.9. The van der Waals surface area contributed by atoms with Gasteiger partial charge in [-0.25, -0.2) is 9.78 Å². The van der Waals surface area contributed by atoms with E-state index in [-0.39, 0.29) is 12.1 Å². The number of hydrogen-bond donors (Lipinski definition) is 0. The highest BCUT2D eigenvalue weighted by Gasteiger charge is 2.52. The number of aryl methyl sites for hydroxylation is 1. The smallest absolute Gasteiger partial charge is 0.415 e. The summed E-state index contributed by atoms with van der Waals surface area (Å²) >= 11 is 0. The Labute approximate surface area is 226 Å². The van der Waals surface area contributed by atoms with Crippen LogP contribution in [0.25, 0.3) is 22.5 Å². The van der Waals surface area contributed by atoms with E-state index in [1.807, 2.05) is 56.3 Å². The van der Waals surface area contributed by atoms with Gasteiger partial charge in [-0.3, -0.25) is 9.69 Å². The van der Waals surface area contributed by atoms with Crippen molar-refractivity contribution in [1.82, 2.24) is 10.1 Å². The van der Waals surface area contributed by atoms with E-state index in [2.05, 4.69) is 34.4 Å². The molecule has 0 atom stereocenters. The first-order valence-electron chi connectivity index (χ1n) is 13.2. The molecule has 0 bridgehead atoms. The SMILES string of the molecule is CCOC(=O)C1(c2ccc(-c3ccc(-c4onc(C)c4Cc4cccc(N5CCOC5=O)n4)cc3)cc2)CC1. The normalized spacial score (nSPS) is 15.7. The third-order valence-electron chi connectivity index (χ3n) is 7.51. The molecule has 8 nitrogen and oxygen atoms in total. The minimum absolute atomic E-state index is 0.124. The Morgan fingerprint density at radius 2 is 1.69 bits per heavy atom. The highest BCUT2D eigenvalue weighted by atomic mass is 16.6. The Morgan fingerprint density at radius 1 is 1.00 bits per heavy atom. The summed E-state index contributed by atoms with van der Waals surface area (Å²) in [5.74, 6) is 1.16. The first-order chi connectivity index (χ1) is 19.0. The standard InChI is InChI=1S/C31H29N3O5/c1-3-37-29(35)31(15-16-31)24-13-11-22(12-14-24)21-7-9-23(10-8-21)28-26(20(2)33-39-28)19-25-5-4-6-27(32-25)34-17-18-38-30(34)36/h4-14H,3,15-19H2,1-2H3. The monoisotopic (exact) mass is 523 g/mol. The Hall–Kier alpha value is -4.46. The Kier molecular flexibility index (Phi) is 6.38. The molecular formula is C31H29N3O5. The number of rotatable bonds is 8. The number of amides is 1. The molecule has 6 rings (SSSR count). The van der Waals surface area contributed by atoms with Crippen molar-refractivity contribution in [3.05, 3.63) is 89.2 Å². The molecule has 8 heteroatoms. The van der Waals surface area contributed by atoms with Gasteiger partial charge < -0.3 is 14.0 Å². The predicted molar refractivity (Wildman–Crippen MR) is 145 cm³/mol. The summed E-state index contributed by atoms with van der Waals surface area (Å²) in [6.45, 7) is 5.02. The zero-order valence-electron chi connectivity index (χ0n) is 22.0. The molecule has 1 amide bonds. The second-order valence-corrected chi connectivity index (χ2v) is 9.96. The van der Waals surface area contributed by atoms with E-state index in [1.54, 1.807) is 0 Å². The lowest BCUT2D eigenvalue weighted by Gasteiger charge is -2.14. The van der Waals surface area contributed by atoms with E-state index >= 15 is 0 Å². The highest BCUT2D eigenvalue weighted by molar-refractivity contribution is 5.88. The molecule has 1 saturated carbocycles. The van der Waals surface area contributed by atoms with Gasteiger partial charge in [0.15, 0.2) is 5.76 Å². The van der Waals surface area contributed by atoms with Crippen LogP contribution in [0, 0.1) is 6.92 Å². The molecule has 0 unspecified atom stereocenters. The lowest BCUT2D eigenvalue weighted by atomic mass is 9.93. The minimum atomic E-state index is -0.467. The number of ether oxygens (including phenoxy) is 2. The molecule has 39 heavy (non-hydrogen) atoms. The van der Waals surface area contributed by atoms with Crippen LogP contribution in [0.1, 0.15) is 42.3 Å². The lowest BCUT2D eigenvalue weighted by molar-refractivity contribution is -0.146. The molecule has 3 heterocycles. The van der Waals surface area contributed by atoms with Gasteiger partial charge in [0, 0.05) is 23.2 Å². The fourth-order valence-electron chi connectivity index (χ4n) is 5.12. The number of carbonyl (C=O) groups is 2. The van der Waals surface area contributed by atoms with Gasteiger partial charge in [-0.15, -0.1) is 0 Å². The Morgan fingerprint density at radius 3 is 2.33 bits per heavy atom. The maximum absolute atomic E-state index is 12.4. The fraction of sp³-hybridized carbons (Fsp3) is 0.290. The predicted octanol–water partition coefficient (Wildman–Crippen LogP) is 5.85. The van der Waals surface area contributed by atoms with Crippen LogP contribution in [0.4, 0.5) is 10.6 Å². The largest absolute Gasteiger partial charge is 0.465 e. The average molecular weight is 524 g/mol. The van der Waals surface area contributed by atoms with Crippen molar-refractivity contribution in [1.29, 1.82) is 0 Å². The zero-order chi connectivity index (χ0) is 27.0. The average Bonchev–Trinajstić information content (AvgIpc) is 3.55. The van der Waals surface area contributed by atoms with Crippen LogP contribution in [0.3, 0.4) is 0 Å². The Balaban J connectivity index is 1.21. The fourth-order valence-corrected chi connectivity index (χ4v) is 5.12. The maximum Gasteiger partial charge on any atom is 0.415 e. The third kappa shape index (κ3) is 4.67. The van der Waals surface area contributed by atoms with Crippen molar-refractivity contribution >= 4 is 17.9 Å². The van der Waals surface area contributed by atoms with Crippen molar-refractivity contribution in [3.8, 4) is 22.5 Å². The molecule has 198 valence electrons. The van der Waals surface area contributed by atoms with Crippen LogP contribution in [0.2, 0.25) is 0 Å². The number of cyclic esters (lactones) is 1. The van der Waals surface area contributed by atoms with Crippen LogP contribution in [0.15, 0.2) is 71.3 Å². The molecule has 1 aliphatic heterocycles. The van der Waals surface area contributed by atoms with E-state index in [0.29, 0.717) is 37.8 Å². The summed E-state index contributed by atoms with van der Waals surface area (Å²) in [6.07, 6.45) is 1.82. The van der Waals surface area contributed by atoms with Gasteiger partial charge in [-0.1, -0.05) is 59.8 Å². The molecule has 2 aromatic heterocycles. The number of anilines is 1. The second-order valence-electron chi connectivity index (χ2n) is 9.96. The van der Waals surface area contributed by atoms with E-state index in [9.17, 15) is 9.59 Å². The number of pyridine rings is 1. The first-order valence-corrected chi connectivity index (χ1v) is 13.2. The van der Waals surface area contributed by atoms with Gasteiger partial charge in [0.25, 0.3) is 0 Å². The van der Waals surface area contributed by atoms with Crippen molar-refractivity contribution in [3.63, 3.8) is 0 Å². The highest BCUT2D eigenvalue weighted by Crippen LogP contribution is 2.49. The van der Waals surface area contributed by atoms with Crippen molar-refractivity contribution in [2.24, 2.45) is 0 Å². The molecule has 1 aliphatic carbocycles. The quantitative estimate of drug-likeness (QED) is 0.267. The van der Waals surface area contributed by atoms with Crippen LogP contribution < -0.4 is 4.90 Å². The topological polar surface area (TPSA) is 94.8 Å². The van der Waals surface area contributed by atoms with Crippen molar-refractivity contribution in [2.45, 2.75) is 38.5 Å². The third-order valence-corrected chi connectivity index (χ3v) is 7.51. The van der Waals surface area contributed by atoms with E-state index < -0.39 is 5.41 Å². The summed E-state index contributed by atoms with van der Waals surface area (Å²) in [7, 11) is 0. The van der Waals surface area contributed by atoms with Crippen LogP contribution in [0.5, 0.6) is 0 Å². The van der Waals surface area contributed by atoms with Gasteiger partial charge in [0.2, 0.25) is 0 Å². The molecular weight excluding hydrogens is 494 g/mol. The molecule has 2 fully saturated rings. The molecule has 0 radical (unpaired) electrons. The van der Waals surface area contributed by atoms with Gasteiger partial charge in [0.1, 0.15) is 12.4 Å². The van der Waals surface area contributed by atoms with Crippen molar-refractivity contribution in [2.75, 3.05) is 24.7 Å². The number of benzene rings is 2. The summed E-state index contributed by atoms with van der Waals surface area (Å²) in [5, 5.41) is 4.22. The molecule has 0 spiro atoms. The number of carbonyl (C=O) groups excluding carboxylic acids is 2. The van der Waals surface area contributed by atoms with E-state index in [1.165, 1.54) is 4.90 Å². The van der Waals surface area contributed by atoms with Crippen LogP contribution in [-0.2, 0) is 26.1 Å². The number of nitrogens with zero attached hydrogens (tertiary/aromatic N) is 3. The number of hydrogen-bond acceptors (Lipinski definition) is 7. The molecule has 2 aliphatic rings. The van der Waals surface area contributed by atoms with Gasteiger partial charge in [-0.05, 0) is 55.5 Å². The second kappa shape index (κ2) is 10.0. The molecule has 4 aromatic rings. The van der Waals surface area contributed by atoms with Gasteiger partial charge in [-0.2, -0.15) is 0 Å². The number of aromatic nitrogens is 2. The van der Waals surface area contributed by atoms with Gasteiger partial charge in [0.05, 0.1) is 24.3 Å². The molecule has 0 N–H and O–H groups in total. The van der Waals surface area contributed by atoms with Crippen molar-refractivity contribution < 1.29 is 23.6 Å². The zero-order valence-corrected chi connectivity index (χ0v) is 22.0. The maximum atomic E-state index is 12.4. The van der Waals surface area contributed by atoms with Crippen LogP contribution in [-0.4, -0.2) is 42.0 Å². The Bertz CT molecular complexity index is 1520. The minimum Gasteiger partial charge on any atom is -0.465 e. The van der Waals surface area contributed by atoms with E-state index in [4.69, 9.17) is 14.0 Å². The summed E-state index contributed by atoms with van der Waals surface area (Å²) < 4.78 is 16.1. The summed E-state index contributed by atoms with van der Waals surface area (Å²) in [5.41, 5.74) is 6.17. The van der Waals surface area contributed by atoms with Crippen LogP contribution >= 0.6 is 0 Å². The summed E-state index contributed by atoms with van der Waals surface area (Å²) in [4.78, 5) is 30.6. The lowest BCUT2D eigenvalue weighted by Crippen LogP contribution is -2.24. The summed E-state index contributed by atoms with van der Waals surface area (Å²) in [6, 6.07) is 22.0. The molecule has 1 saturated heterocycles. The number of esters is 1.